The molecule has 2 atom stereocenters. The highest BCUT2D eigenvalue weighted by atomic mass is 16.5. The predicted molar refractivity (Wildman–Crippen MR) is 69.0 cm³/mol. The molecule has 100 valence electrons. The Morgan fingerprint density at radius 1 is 1.47 bits per heavy atom. The lowest BCUT2D eigenvalue weighted by atomic mass is 10.0. The van der Waals surface area contributed by atoms with Crippen molar-refractivity contribution >= 4 is 5.97 Å². The second-order valence-electron chi connectivity index (χ2n) is 4.70. The summed E-state index contributed by atoms with van der Waals surface area (Å²) in [6.07, 6.45) is 3.79. The average Bonchev–Trinajstić information content (AvgIpc) is 2.31. The number of rotatable bonds is 6. The van der Waals surface area contributed by atoms with Crippen molar-refractivity contribution in [3.05, 3.63) is 0 Å². The molecule has 0 aromatic heterocycles. The monoisotopic (exact) mass is 242 g/mol. The summed E-state index contributed by atoms with van der Waals surface area (Å²) in [5, 5.41) is 3.22. The Hall–Kier alpha value is -0.610. The van der Waals surface area contributed by atoms with Gasteiger partial charge in [0, 0.05) is 12.6 Å². The van der Waals surface area contributed by atoms with E-state index in [9.17, 15) is 4.79 Å². The summed E-state index contributed by atoms with van der Waals surface area (Å²) in [4.78, 5) is 14.2. The summed E-state index contributed by atoms with van der Waals surface area (Å²) < 4.78 is 5.11. The van der Waals surface area contributed by atoms with Crippen molar-refractivity contribution in [2.24, 2.45) is 0 Å². The molecule has 1 heterocycles. The topological polar surface area (TPSA) is 41.6 Å². The maximum Gasteiger partial charge on any atom is 0.324 e. The van der Waals surface area contributed by atoms with Gasteiger partial charge in [0.05, 0.1) is 6.61 Å². The molecule has 1 rings (SSSR count). The summed E-state index contributed by atoms with van der Waals surface area (Å²) in [6.45, 7) is 9.24. The SMILES string of the molecule is CCNC(CN1CCCCC1C)C(=O)OCC. The normalized spacial score (nSPS) is 23.4. The lowest BCUT2D eigenvalue weighted by Crippen LogP contribution is -2.50. The minimum atomic E-state index is -0.180. The molecule has 2 unspecified atom stereocenters. The number of likely N-dealkylation sites (tertiary alicyclic amines) is 1. The first kappa shape index (κ1) is 14.5. The molecule has 0 aliphatic carbocycles. The second kappa shape index (κ2) is 7.67. The van der Waals surface area contributed by atoms with Crippen molar-refractivity contribution in [2.45, 2.75) is 52.1 Å². The van der Waals surface area contributed by atoms with Crippen LogP contribution in [0.1, 0.15) is 40.0 Å². The minimum absolute atomic E-state index is 0.118. The molecule has 1 aliphatic heterocycles. The van der Waals surface area contributed by atoms with Gasteiger partial charge in [-0.3, -0.25) is 9.69 Å². The highest BCUT2D eigenvalue weighted by Crippen LogP contribution is 2.16. The van der Waals surface area contributed by atoms with E-state index in [-0.39, 0.29) is 12.0 Å². The fourth-order valence-electron chi connectivity index (χ4n) is 2.38. The number of piperidine rings is 1. The van der Waals surface area contributed by atoms with Crippen molar-refractivity contribution in [3.63, 3.8) is 0 Å². The molecule has 1 saturated heterocycles. The molecule has 0 bridgehead atoms. The largest absolute Gasteiger partial charge is 0.465 e. The van der Waals surface area contributed by atoms with Crippen LogP contribution < -0.4 is 5.32 Å². The molecule has 17 heavy (non-hydrogen) atoms. The third-order valence-corrected chi connectivity index (χ3v) is 3.38. The smallest absolute Gasteiger partial charge is 0.324 e. The van der Waals surface area contributed by atoms with Crippen LogP contribution in [-0.4, -0.2) is 49.2 Å². The highest BCUT2D eigenvalue weighted by molar-refractivity contribution is 5.76. The van der Waals surface area contributed by atoms with Gasteiger partial charge in [0.2, 0.25) is 0 Å². The van der Waals surface area contributed by atoms with Crippen LogP contribution in [0, 0.1) is 0 Å². The summed E-state index contributed by atoms with van der Waals surface area (Å²) in [7, 11) is 0. The number of hydrogen-bond acceptors (Lipinski definition) is 4. The number of hydrogen-bond donors (Lipinski definition) is 1. The first-order valence-electron chi connectivity index (χ1n) is 6.83. The van der Waals surface area contributed by atoms with Gasteiger partial charge in [-0.2, -0.15) is 0 Å². The Kier molecular flexibility index (Phi) is 6.52. The third kappa shape index (κ3) is 4.64. The summed E-state index contributed by atoms with van der Waals surface area (Å²) in [6, 6.07) is 0.403. The molecule has 0 radical (unpaired) electrons. The number of nitrogens with zero attached hydrogens (tertiary/aromatic N) is 1. The van der Waals surface area contributed by atoms with Crippen LogP contribution in [0.4, 0.5) is 0 Å². The van der Waals surface area contributed by atoms with Gasteiger partial charge >= 0.3 is 5.97 Å². The molecule has 4 nitrogen and oxygen atoms in total. The predicted octanol–water partition coefficient (Wildman–Crippen LogP) is 1.40. The van der Waals surface area contributed by atoms with E-state index in [0.29, 0.717) is 12.6 Å². The fraction of sp³-hybridized carbons (Fsp3) is 0.923. The number of ether oxygens (including phenoxy) is 1. The third-order valence-electron chi connectivity index (χ3n) is 3.38. The Morgan fingerprint density at radius 2 is 2.24 bits per heavy atom. The van der Waals surface area contributed by atoms with Crippen LogP contribution in [0.15, 0.2) is 0 Å². The van der Waals surface area contributed by atoms with Crippen molar-refractivity contribution in [3.8, 4) is 0 Å². The van der Waals surface area contributed by atoms with E-state index in [2.05, 4.69) is 17.1 Å². The van der Waals surface area contributed by atoms with Gasteiger partial charge in [0.15, 0.2) is 0 Å². The van der Waals surface area contributed by atoms with Gasteiger partial charge in [-0.05, 0) is 39.8 Å². The fourth-order valence-corrected chi connectivity index (χ4v) is 2.38. The van der Waals surface area contributed by atoms with E-state index in [0.717, 1.165) is 19.6 Å². The van der Waals surface area contributed by atoms with E-state index in [1.807, 2.05) is 13.8 Å². The standard InChI is InChI=1S/C13H26N2O2/c1-4-14-12(13(16)17-5-2)10-15-9-7-6-8-11(15)3/h11-12,14H,4-10H2,1-3H3. The minimum Gasteiger partial charge on any atom is -0.465 e. The first-order chi connectivity index (χ1) is 8.19. The van der Waals surface area contributed by atoms with Crippen LogP contribution in [0.2, 0.25) is 0 Å². The highest BCUT2D eigenvalue weighted by Gasteiger charge is 2.26. The Bertz CT molecular complexity index is 233. The first-order valence-corrected chi connectivity index (χ1v) is 6.83. The lowest BCUT2D eigenvalue weighted by Gasteiger charge is -2.35. The van der Waals surface area contributed by atoms with E-state index in [4.69, 9.17) is 4.74 Å². The molecule has 1 aliphatic rings. The van der Waals surface area contributed by atoms with Crippen molar-refractivity contribution in [1.82, 2.24) is 10.2 Å². The summed E-state index contributed by atoms with van der Waals surface area (Å²) in [5.41, 5.74) is 0. The molecule has 1 fully saturated rings. The van der Waals surface area contributed by atoms with E-state index >= 15 is 0 Å². The van der Waals surface area contributed by atoms with Gasteiger partial charge in [0.1, 0.15) is 6.04 Å². The molecule has 1 N–H and O–H groups in total. The molecule has 0 aromatic carbocycles. The zero-order valence-corrected chi connectivity index (χ0v) is 11.4. The number of esters is 1. The van der Waals surface area contributed by atoms with Crippen LogP contribution in [-0.2, 0) is 9.53 Å². The van der Waals surface area contributed by atoms with Crippen LogP contribution in [0.5, 0.6) is 0 Å². The van der Waals surface area contributed by atoms with Crippen LogP contribution in [0.3, 0.4) is 0 Å². The van der Waals surface area contributed by atoms with Gasteiger partial charge < -0.3 is 10.1 Å². The van der Waals surface area contributed by atoms with Crippen LogP contribution in [0.25, 0.3) is 0 Å². The molecule has 0 amide bonds. The molecule has 0 aromatic rings. The number of nitrogens with one attached hydrogen (secondary N) is 1. The number of carbonyl (C=O) groups excluding carboxylic acids is 1. The Labute approximate surface area is 105 Å². The number of carbonyl (C=O) groups is 1. The quantitative estimate of drug-likeness (QED) is 0.715. The van der Waals surface area contributed by atoms with Crippen molar-refractivity contribution in [2.75, 3.05) is 26.2 Å². The Morgan fingerprint density at radius 3 is 2.82 bits per heavy atom. The average molecular weight is 242 g/mol. The Balaban J connectivity index is 2.49. The van der Waals surface area contributed by atoms with Gasteiger partial charge in [-0.15, -0.1) is 0 Å². The van der Waals surface area contributed by atoms with E-state index in [1.165, 1.54) is 19.3 Å². The molecular formula is C13H26N2O2. The van der Waals surface area contributed by atoms with Crippen molar-refractivity contribution < 1.29 is 9.53 Å². The second-order valence-corrected chi connectivity index (χ2v) is 4.70. The molecular weight excluding hydrogens is 216 g/mol. The van der Waals surface area contributed by atoms with Gasteiger partial charge in [0.25, 0.3) is 0 Å². The molecule has 0 saturated carbocycles. The van der Waals surface area contributed by atoms with E-state index in [1.54, 1.807) is 0 Å². The summed E-state index contributed by atoms with van der Waals surface area (Å²) >= 11 is 0. The maximum absolute atomic E-state index is 11.8. The van der Waals surface area contributed by atoms with Gasteiger partial charge in [-0.25, -0.2) is 0 Å². The zero-order chi connectivity index (χ0) is 12.7. The lowest BCUT2D eigenvalue weighted by molar-refractivity contribution is -0.146. The van der Waals surface area contributed by atoms with E-state index < -0.39 is 0 Å². The van der Waals surface area contributed by atoms with Gasteiger partial charge in [-0.1, -0.05) is 13.3 Å². The maximum atomic E-state index is 11.8. The van der Waals surface area contributed by atoms with Crippen molar-refractivity contribution in [1.29, 1.82) is 0 Å². The molecule has 0 spiro atoms. The van der Waals surface area contributed by atoms with Crippen LogP contribution >= 0.6 is 0 Å². The molecule has 4 heteroatoms. The zero-order valence-electron chi connectivity index (χ0n) is 11.4. The number of likely N-dealkylation sites (N-methyl/N-ethyl adjacent to an activating group) is 1. The summed E-state index contributed by atoms with van der Waals surface area (Å²) in [5.74, 6) is -0.118.